The second-order valence-electron chi connectivity index (χ2n) is 3.28. The Kier molecular flexibility index (Phi) is 2.44. The third-order valence-corrected chi connectivity index (χ3v) is 1.99. The summed E-state index contributed by atoms with van der Waals surface area (Å²) in [5.41, 5.74) is 6.39. The van der Waals surface area contributed by atoms with Gasteiger partial charge in [0.25, 0.3) is 0 Å². The first-order valence-corrected chi connectivity index (χ1v) is 4.61. The van der Waals surface area contributed by atoms with E-state index in [0.717, 1.165) is 0 Å². The Hall–Kier alpha value is -2.55. The standard InChI is InChI=1S/C10H10N6/c1-16-3-2-9(15-16)14-10-7(5-11)4-8(12)6-13-10/h2-4,6H,12H2,1H3,(H,13,14,15). The van der Waals surface area contributed by atoms with Gasteiger partial charge in [0.05, 0.1) is 17.4 Å². The Morgan fingerprint density at radius 3 is 3.00 bits per heavy atom. The maximum Gasteiger partial charge on any atom is 0.153 e. The molecule has 0 atom stereocenters. The minimum absolute atomic E-state index is 0.394. The minimum Gasteiger partial charge on any atom is -0.397 e. The summed E-state index contributed by atoms with van der Waals surface area (Å²) < 4.78 is 1.66. The number of nitriles is 1. The van der Waals surface area contributed by atoms with Crippen LogP contribution in [0.3, 0.4) is 0 Å². The van der Waals surface area contributed by atoms with E-state index in [1.807, 2.05) is 13.1 Å². The molecule has 2 rings (SSSR count). The van der Waals surface area contributed by atoms with E-state index >= 15 is 0 Å². The smallest absolute Gasteiger partial charge is 0.153 e. The summed E-state index contributed by atoms with van der Waals surface area (Å²) in [4.78, 5) is 4.05. The molecule has 0 aromatic carbocycles. The van der Waals surface area contributed by atoms with Crippen molar-refractivity contribution >= 4 is 17.3 Å². The minimum atomic E-state index is 0.394. The average Bonchev–Trinajstić information content (AvgIpc) is 2.67. The number of nitrogens with two attached hydrogens (primary N) is 1. The molecule has 0 amide bonds. The lowest BCUT2D eigenvalue weighted by Crippen LogP contribution is -1.99. The summed E-state index contributed by atoms with van der Waals surface area (Å²) in [6.45, 7) is 0. The number of aryl methyl sites for hydroxylation is 1. The summed E-state index contributed by atoms with van der Waals surface area (Å²) in [6.07, 6.45) is 3.29. The molecule has 2 aromatic heterocycles. The average molecular weight is 214 g/mol. The zero-order valence-corrected chi connectivity index (χ0v) is 8.68. The third kappa shape index (κ3) is 1.93. The van der Waals surface area contributed by atoms with Crippen LogP contribution < -0.4 is 11.1 Å². The van der Waals surface area contributed by atoms with E-state index in [0.29, 0.717) is 22.9 Å². The van der Waals surface area contributed by atoms with Crippen molar-refractivity contribution in [3.8, 4) is 6.07 Å². The highest BCUT2D eigenvalue weighted by Crippen LogP contribution is 2.18. The quantitative estimate of drug-likeness (QED) is 0.778. The summed E-state index contributed by atoms with van der Waals surface area (Å²) in [5, 5.41) is 16.0. The van der Waals surface area contributed by atoms with E-state index < -0.39 is 0 Å². The number of nitrogen functional groups attached to an aromatic ring is 1. The molecule has 0 saturated carbocycles. The normalized spacial score (nSPS) is 9.75. The maximum atomic E-state index is 8.91. The van der Waals surface area contributed by atoms with Crippen LogP contribution in [-0.4, -0.2) is 14.8 Å². The number of pyridine rings is 1. The van der Waals surface area contributed by atoms with Crippen LogP contribution in [0.25, 0.3) is 0 Å². The first kappa shape index (κ1) is 9.98. The maximum absolute atomic E-state index is 8.91. The molecule has 0 unspecified atom stereocenters. The molecule has 3 N–H and O–H groups in total. The molecule has 16 heavy (non-hydrogen) atoms. The molecule has 0 radical (unpaired) electrons. The Labute approximate surface area is 92.3 Å². The molecule has 0 aliphatic carbocycles. The van der Waals surface area contributed by atoms with Gasteiger partial charge in [-0.25, -0.2) is 4.98 Å². The lowest BCUT2D eigenvalue weighted by molar-refractivity contribution is 0.771. The van der Waals surface area contributed by atoms with Crippen molar-refractivity contribution in [3.63, 3.8) is 0 Å². The van der Waals surface area contributed by atoms with E-state index in [4.69, 9.17) is 11.0 Å². The van der Waals surface area contributed by atoms with Crippen LogP contribution in [0.1, 0.15) is 5.56 Å². The van der Waals surface area contributed by atoms with Crippen LogP contribution in [-0.2, 0) is 7.05 Å². The van der Waals surface area contributed by atoms with Crippen LogP contribution in [0.2, 0.25) is 0 Å². The van der Waals surface area contributed by atoms with E-state index in [9.17, 15) is 0 Å². The third-order valence-electron chi connectivity index (χ3n) is 1.99. The lowest BCUT2D eigenvalue weighted by atomic mass is 10.2. The van der Waals surface area contributed by atoms with Crippen LogP contribution in [0.15, 0.2) is 24.5 Å². The van der Waals surface area contributed by atoms with Gasteiger partial charge >= 0.3 is 0 Å². The van der Waals surface area contributed by atoms with Crippen molar-refractivity contribution in [1.29, 1.82) is 5.26 Å². The van der Waals surface area contributed by atoms with Crippen LogP contribution in [0.4, 0.5) is 17.3 Å². The molecular weight excluding hydrogens is 204 g/mol. The molecule has 2 aromatic rings. The number of rotatable bonds is 2. The number of hydrogen-bond acceptors (Lipinski definition) is 5. The zero-order chi connectivity index (χ0) is 11.5. The molecule has 0 fully saturated rings. The SMILES string of the molecule is Cn1ccc(Nc2ncc(N)cc2C#N)n1. The fraction of sp³-hybridized carbons (Fsp3) is 0.100. The van der Waals surface area contributed by atoms with Gasteiger partial charge < -0.3 is 11.1 Å². The molecular formula is C10H10N6. The van der Waals surface area contributed by atoms with Gasteiger partial charge in [-0.3, -0.25) is 4.68 Å². The highest BCUT2D eigenvalue weighted by Gasteiger charge is 2.05. The Bertz CT molecular complexity index is 551. The van der Waals surface area contributed by atoms with Gasteiger partial charge in [0, 0.05) is 19.3 Å². The Morgan fingerprint density at radius 1 is 1.56 bits per heavy atom. The van der Waals surface area contributed by atoms with Crippen molar-refractivity contribution in [2.75, 3.05) is 11.1 Å². The van der Waals surface area contributed by atoms with Crippen LogP contribution >= 0.6 is 0 Å². The molecule has 0 saturated heterocycles. The zero-order valence-electron chi connectivity index (χ0n) is 8.68. The fourth-order valence-corrected chi connectivity index (χ4v) is 1.27. The largest absolute Gasteiger partial charge is 0.397 e. The Morgan fingerprint density at radius 2 is 2.38 bits per heavy atom. The van der Waals surface area contributed by atoms with Crippen LogP contribution in [0.5, 0.6) is 0 Å². The van der Waals surface area contributed by atoms with Crippen LogP contribution in [0, 0.1) is 11.3 Å². The molecule has 0 bridgehead atoms. The second-order valence-corrected chi connectivity index (χ2v) is 3.28. The van der Waals surface area contributed by atoms with Gasteiger partial charge in [0.2, 0.25) is 0 Å². The molecule has 0 aliphatic heterocycles. The van der Waals surface area contributed by atoms with Gasteiger partial charge in [0.15, 0.2) is 5.82 Å². The predicted molar refractivity (Wildman–Crippen MR) is 59.9 cm³/mol. The molecule has 2 heterocycles. The van der Waals surface area contributed by atoms with Gasteiger partial charge in [-0.2, -0.15) is 10.4 Å². The predicted octanol–water partition coefficient (Wildman–Crippen LogP) is 1.01. The first-order valence-electron chi connectivity index (χ1n) is 4.61. The summed E-state index contributed by atoms with van der Waals surface area (Å²) >= 11 is 0. The monoisotopic (exact) mass is 214 g/mol. The van der Waals surface area contributed by atoms with Gasteiger partial charge in [0.1, 0.15) is 11.9 Å². The molecule has 6 nitrogen and oxygen atoms in total. The van der Waals surface area contributed by atoms with Gasteiger partial charge in [-0.1, -0.05) is 0 Å². The summed E-state index contributed by atoms with van der Waals surface area (Å²) in [7, 11) is 1.81. The topological polar surface area (TPSA) is 92.5 Å². The Balaban J connectivity index is 2.31. The van der Waals surface area contributed by atoms with E-state index in [-0.39, 0.29) is 0 Å². The van der Waals surface area contributed by atoms with Gasteiger partial charge in [-0.15, -0.1) is 0 Å². The van der Waals surface area contributed by atoms with Gasteiger partial charge in [-0.05, 0) is 6.07 Å². The van der Waals surface area contributed by atoms with Crippen molar-refractivity contribution < 1.29 is 0 Å². The molecule has 0 aliphatic rings. The number of nitrogens with zero attached hydrogens (tertiary/aromatic N) is 4. The van der Waals surface area contributed by atoms with E-state index in [1.165, 1.54) is 6.20 Å². The summed E-state index contributed by atoms with van der Waals surface area (Å²) in [5.74, 6) is 1.09. The van der Waals surface area contributed by atoms with Crippen molar-refractivity contribution in [3.05, 3.63) is 30.1 Å². The number of nitrogens with one attached hydrogen (secondary N) is 1. The van der Waals surface area contributed by atoms with E-state index in [1.54, 1.807) is 23.0 Å². The second kappa shape index (κ2) is 3.90. The fourth-order valence-electron chi connectivity index (χ4n) is 1.27. The molecule has 0 spiro atoms. The van der Waals surface area contributed by atoms with Crippen molar-refractivity contribution in [1.82, 2.24) is 14.8 Å². The van der Waals surface area contributed by atoms with Crippen molar-refractivity contribution in [2.45, 2.75) is 0 Å². The summed E-state index contributed by atoms with van der Waals surface area (Å²) in [6, 6.07) is 5.38. The van der Waals surface area contributed by atoms with Crippen molar-refractivity contribution in [2.24, 2.45) is 7.05 Å². The number of aromatic nitrogens is 3. The number of anilines is 3. The first-order chi connectivity index (χ1) is 7.69. The molecule has 80 valence electrons. The van der Waals surface area contributed by atoms with E-state index in [2.05, 4.69) is 15.4 Å². The molecule has 6 heteroatoms. The lowest BCUT2D eigenvalue weighted by Gasteiger charge is -2.04. The number of hydrogen-bond donors (Lipinski definition) is 2. The highest BCUT2D eigenvalue weighted by molar-refractivity contribution is 5.62. The highest BCUT2D eigenvalue weighted by atomic mass is 15.3.